The van der Waals surface area contributed by atoms with Gasteiger partial charge < -0.3 is 10.1 Å². The van der Waals surface area contributed by atoms with Crippen LogP contribution < -0.4 is 5.32 Å². The third kappa shape index (κ3) is 3.79. The Morgan fingerprint density at radius 3 is 2.88 bits per heavy atom. The fraction of sp³-hybridized carbons (Fsp3) is 0.643. The molecule has 94 valence electrons. The summed E-state index contributed by atoms with van der Waals surface area (Å²) in [6, 6.07) is 6.55. The summed E-state index contributed by atoms with van der Waals surface area (Å²) in [5, 5.41) is 3.54. The van der Waals surface area contributed by atoms with Gasteiger partial charge in [-0.1, -0.05) is 13.0 Å². The van der Waals surface area contributed by atoms with Gasteiger partial charge in [-0.3, -0.25) is 4.98 Å². The summed E-state index contributed by atoms with van der Waals surface area (Å²) in [5.74, 6) is 0.773. The summed E-state index contributed by atoms with van der Waals surface area (Å²) >= 11 is 0. The quantitative estimate of drug-likeness (QED) is 0.850. The van der Waals surface area contributed by atoms with Crippen molar-refractivity contribution < 1.29 is 4.74 Å². The summed E-state index contributed by atoms with van der Waals surface area (Å²) in [6.07, 6.45) is 5.43. The molecule has 0 aliphatic carbocycles. The van der Waals surface area contributed by atoms with E-state index in [0.717, 1.165) is 25.7 Å². The maximum atomic E-state index is 5.41. The highest BCUT2D eigenvalue weighted by Gasteiger charge is 2.20. The van der Waals surface area contributed by atoms with Gasteiger partial charge in [0.05, 0.1) is 5.69 Å². The van der Waals surface area contributed by atoms with Gasteiger partial charge in [0, 0.05) is 25.5 Å². The van der Waals surface area contributed by atoms with Gasteiger partial charge in [-0.25, -0.2) is 0 Å². The second-order valence-electron chi connectivity index (χ2n) is 4.66. The maximum Gasteiger partial charge on any atom is 0.0573 e. The molecule has 1 saturated heterocycles. The predicted molar refractivity (Wildman–Crippen MR) is 68.8 cm³/mol. The molecular weight excluding hydrogens is 212 g/mol. The molecule has 2 heterocycles. The van der Waals surface area contributed by atoms with Crippen molar-refractivity contribution in [1.29, 1.82) is 0 Å². The number of nitrogens with zero attached hydrogens (tertiary/aromatic N) is 1. The molecule has 0 spiro atoms. The van der Waals surface area contributed by atoms with Crippen LogP contribution >= 0.6 is 0 Å². The molecule has 1 N–H and O–H groups in total. The summed E-state index contributed by atoms with van der Waals surface area (Å²) in [5.41, 5.74) is 1.17. The molecule has 3 heteroatoms. The number of aromatic nitrogens is 1. The Bertz CT molecular complexity index is 309. The van der Waals surface area contributed by atoms with E-state index in [9.17, 15) is 0 Å². The zero-order valence-corrected chi connectivity index (χ0v) is 10.6. The van der Waals surface area contributed by atoms with Gasteiger partial charge in [0.2, 0.25) is 0 Å². The average Bonchev–Trinajstić information content (AvgIpc) is 2.40. The normalized spacial score (nSPS) is 19.1. The monoisotopic (exact) mass is 234 g/mol. The van der Waals surface area contributed by atoms with Crippen molar-refractivity contribution in [1.82, 2.24) is 10.3 Å². The predicted octanol–water partition coefficient (Wildman–Crippen LogP) is 2.55. The smallest absolute Gasteiger partial charge is 0.0573 e. The van der Waals surface area contributed by atoms with E-state index in [-0.39, 0.29) is 0 Å². The van der Waals surface area contributed by atoms with Crippen molar-refractivity contribution in [2.45, 2.75) is 32.2 Å². The van der Waals surface area contributed by atoms with Gasteiger partial charge in [0.15, 0.2) is 0 Å². The van der Waals surface area contributed by atoms with Gasteiger partial charge in [-0.15, -0.1) is 0 Å². The molecule has 0 saturated carbocycles. The van der Waals surface area contributed by atoms with E-state index in [1.54, 1.807) is 0 Å². The average molecular weight is 234 g/mol. The SMILES string of the molecule is CCNC(CC1CCOCC1)c1ccccn1. The van der Waals surface area contributed by atoms with Gasteiger partial charge in [-0.2, -0.15) is 0 Å². The fourth-order valence-electron chi connectivity index (χ4n) is 2.45. The first-order valence-electron chi connectivity index (χ1n) is 6.62. The lowest BCUT2D eigenvalue weighted by molar-refractivity contribution is 0.0604. The molecular formula is C14H22N2O. The summed E-state index contributed by atoms with van der Waals surface area (Å²) in [6.45, 7) is 4.99. The summed E-state index contributed by atoms with van der Waals surface area (Å²) in [7, 11) is 0. The van der Waals surface area contributed by atoms with Crippen molar-refractivity contribution in [2.24, 2.45) is 5.92 Å². The van der Waals surface area contributed by atoms with Crippen LogP contribution in [0.3, 0.4) is 0 Å². The molecule has 17 heavy (non-hydrogen) atoms. The zero-order valence-electron chi connectivity index (χ0n) is 10.6. The van der Waals surface area contributed by atoms with Gasteiger partial charge in [0.25, 0.3) is 0 Å². The Morgan fingerprint density at radius 2 is 2.24 bits per heavy atom. The fourth-order valence-corrected chi connectivity index (χ4v) is 2.45. The van der Waals surface area contributed by atoms with Crippen LogP contribution in [0.4, 0.5) is 0 Å². The molecule has 0 amide bonds. The highest BCUT2D eigenvalue weighted by Crippen LogP contribution is 2.26. The van der Waals surface area contributed by atoms with E-state index in [1.807, 2.05) is 12.3 Å². The van der Waals surface area contributed by atoms with Gasteiger partial charge in [-0.05, 0) is 43.9 Å². The third-order valence-corrected chi connectivity index (χ3v) is 3.41. The molecule has 0 aromatic carbocycles. The lowest BCUT2D eigenvalue weighted by atomic mass is 9.91. The minimum absolute atomic E-state index is 0.393. The van der Waals surface area contributed by atoms with E-state index < -0.39 is 0 Å². The first kappa shape index (κ1) is 12.5. The Labute approximate surface area is 104 Å². The Hall–Kier alpha value is -0.930. The number of hydrogen-bond donors (Lipinski definition) is 1. The van der Waals surface area contributed by atoms with Crippen LogP contribution in [0.2, 0.25) is 0 Å². The lowest BCUT2D eigenvalue weighted by Crippen LogP contribution is -2.26. The summed E-state index contributed by atoms with van der Waals surface area (Å²) < 4.78 is 5.41. The largest absolute Gasteiger partial charge is 0.381 e. The van der Waals surface area contributed by atoms with E-state index in [0.29, 0.717) is 6.04 Å². The molecule has 1 aliphatic heterocycles. The molecule has 1 aromatic heterocycles. The Kier molecular flexibility index (Phi) is 4.95. The van der Waals surface area contributed by atoms with Crippen LogP contribution in [-0.4, -0.2) is 24.7 Å². The number of pyridine rings is 1. The highest BCUT2D eigenvalue weighted by molar-refractivity contribution is 5.08. The van der Waals surface area contributed by atoms with E-state index in [1.165, 1.54) is 25.0 Å². The summed E-state index contributed by atoms with van der Waals surface area (Å²) in [4.78, 5) is 4.47. The van der Waals surface area contributed by atoms with Crippen molar-refractivity contribution in [2.75, 3.05) is 19.8 Å². The molecule has 1 unspecified atom stereocenters. The number of hydrogen-bond acceptors (Lipinski definition) is 3. The molecule has 0 bridgehead atoms. The zero-order chi connectivity index (χ0) is 11.9. The first-order valence-corrected chi connectivity index (χ1v) is 6.62. The van der Waals surface area contributed by atoms with Crippen LogP contribution in [0, 0.1) is 5.92 Å². The van der Waals surface area contributed by atoms with Crippen molar-refractivity contribution in [3.63, 3.8) is 0 Å². The van der Waals surface area contributed by atoms with Crippen LogP contribution in [0.15, 0.2) is 24.4 Å². The van der Waals surface area contributed by atoms with Crippen molar-refractivity contribution >= 4 is 0 Å². The Morgan fingerprint density at radius 1 is 1.41 bits per heavy atom. The van der Waals surface area contributed by atoms with Crippen molar-refractivity contribution in [3.05, 3.63) is 30.1 Å². The van der Waals surface area contributed by atoms with Crippen LogP contribution in [0.5, 0.6) is 0 Å². The minimum atomic E-state index is 0.393. The van der Waals surface area contributed by atoms with Crippen LogP contribution in [0.1, 0.15) is 37.9 Å². The molecule has 3 nitrogen and oxygen atoms in total. The van der Waals surface area contributed by atoms with Gasteiger partial charge in [0.1, 0.15) is 0 Å². The van der Waals surface area contributed by atoms with Crippen LogP contribution in [-0.2, 0) is 4.74 Å². The topological polar surface area (TPSA) is 34.1 Å². The van der Waals surface area contributed by atoms with Crippen molar-refractivity contribution in [3.8, 4) is 0 Å². The highest BCUT2D eigenvalue weighted by atomic mass is 16.5. The molecule has 0 radical (unpaired) electrons. The molecule has 2 rings (SSSR count). The molecule has 1 atom stereocenters. The number of ether oxygens (including phenoxy) is 1. The molecule has 1 aliphatic rings. The number of rotatable bonds is 5. The number of nitrogens with one attached hydrogen (secondary N) is 1. The maximum absolute atomic E-state index is 5.41. The van der Waals surface area contributed by atoms with Crippen LogP contribution in [0.25, 0.3) is 0 Å². The third-order valence-electron chi connectivity index (χ3n) is 3.41. The second kappa shape index (κ2) is 6.72. The van der Waals surface area contributed by atoms with Gasteiger partial charge >= 0.3 is 0 Å². The Balaban J connectivity index is 1.96. The first-order chi connectivity index (χ1) is 8.40. The van der Waals surface area contributed by atoms with E-state index in [4.69, 9.17) is 4.74 Å². The standard InChI is InChI=1S/C14H22N2O/c1-2-15-14(13-5-3-4-8-16-13)11-12-6-9-17-10-7-12/h3-5,8,12,14-15H,2,6-7,9-11H2,1H3. The minimum Gasteiger partial charge on any atom is -0.381 e. The van der Waals surface area contributed by atoms with E-state index in [2.05, 4.69) is 29.4 Å². The molecule has 1 fully saturated rings. The molecule has 1 aromatic rings. The van der Waals surface area contributed by atoms with E-state index >= 15 is 0 Å². The second-order valence-corrected chi connectivity index (χ2v) is 4.66. The lowest BCUT2D eigenvalue weighted by Gasteiger charge is -2.26.